The minimum absolute atomic E-state index is 0.130. The van der Waals surface area contributed by atoms with Gasteiger partial charge >= 0.3 is 0 Å². The van der Waals surface area contributed by atoms with Gasteiger partial charge in [-0.25, -0.2) is 9.38 Å². The lowest BCUT2D eigenvalue weighted by Gasteiger charge is -2.21. The smallest absolute Gasteiger partial charge is 0.191 e. The molecule has 1 unspecified atom stereocenters. The Kier molecular flexibility index (Phi) is 6.76. The van der Waals surface area contributed by atoms with Crippen molar-refractivity contribution in [1.82, 2.24) is 10.6 Å². The summed E-state index contributed by atoms with van der Waals surface area (Å²) < 4.78 is 30.2. The van der Waals surface area contributed by atoms with Gasteiger partial charge in [-0.15, -0.1) is 0 Å². The zero-order valence-corrected chi connectivity index (χ0v) is 17.0. The lowest BCUT2D eigenvalue weighted by molar-refractivity contribution is -0.0172. The second-order valence-corrected chi connectivity index (χ2v) is 7.22. The number of nitrogens with zero attached hydrogens (tertiary/aromatic N) is 1. The molecule has 0 radical (unpaired) electrons. The maximum absolute atomic E-state index is 13.9. The first kappa shape index (κ1) is 21.1. The van der Waals surface area contributed by atoms with Crippen LogP contribution in [-0.4, -0.2) is 37.5 Å². The topological polar surface area (TPSA) is 88.3 Å². The summed E-state index contributed by atoms with van der Waals surface area (Å²) in [4.78, 5) is 4.47. The van der Waals surface area contributed by atoms with Crippen molar-refractivity contribution in [2.24, 2.45) is 4.99 Å². The van der Waals surface area contributed by atoms with Crippen LogP contribution in [0.4, 0.5) is 4.39 Å². The first-order chi connectivity index (χ1) is 13.9. The Bertz CT molecular complexity index is 864. The summed E-state index contributed by atoms with van der Waals surface area (Å²) in [6.07, 6.45) is 0.554. The van der Waals surface area contributed by atoms with Crippen LogP contribution in [0.1, 0.15) is 36.5 Å². The van der Waals surface area contributed by atoms with Gasteiger partial charge in [0.2, 0.25) is 0 Å². The number of aliphatic hydroxyl groups is 1. The Hall–Kier alpha value is -2.58. The number of furan rings is 1. The van der Waals surface area contributed by atoms with Gasteiger partial charge in [-0.2, -0.15) is 0 Å². The largest absolute Gasteiger partial charge is 0.467 e. The molecule has 0 fully saturated rings. The number of fused-ring (bicyclic) bond motifs is 1. The first-order valence-electron chi connectivity index (χ1n) is 9.72. The van der Waals surface area contributed by atoms with Crippen LogP contribution in [0.25, 0.3) is 0 Å². The zero-order chi connectivity index (χ0) is 20.9. The second kappa shape index (κ2) is 9.28. The molecule has 3 rings (SSSR count). The zero-order valence-electron chi connectivity index (χ0n) is 17.0. The van der Waals surface area contributed by atoms with E-state index in [9.17, 15) is 9.50 Å². The van der Waals surface area contributed by atoms with E-state index in [0.717, 1.165) is 16.9 Å². The molecule has 0 bridgehead atoms. The molecule has 2 aromatic rings. The number of ether oxygens (including phenoxy) is 2. The van der Waals surface area contributed by atoms with E-state index in [-0.39, 0.29) is 19.2 Å². The fraction of sp³-hybridized carbons (Fsp3) is 0.476. The van der Waals surface area contributed by atoms with Gasteiger partial charge in [0.05, 0.1) is 13.2 Å². The third-order valence-electron chi connectivity index (χ3n) is 4.60. The average Bonchev–Trinajstić information content (AvgIpc) is 3.13. The van der Waals surface area contributed by atoms with Crippen molar-refractivity contribution in [3.05, 3.63) is 52.7 Å². The van der Waals surface area contributed by atoms with Crippen LogP contribution in [0.3, 0.4) is 0 Å². The maximum Gasteiger partial charge on any atom is 0.191 e. The number of rotatable bonds is 7. The van der Waals surface area contributed by atoms with Gasteiger partial charge in [0, 0.05) is 18.7 Å². The molecule has 158 valence electrons. The van der Waals surface area contributed by atoms with Crippen LogP contribution in [0.15, 0.2) is 33.7 Å². The quantitative estimate of drug-likeness (QED) is 0.485. The van der Waals surface area contributed by atoms with Crippen LogP contribution >= 0.6 is 0 Å². The van der Waals surface area contributed by atoms with Crippen molar-refractivity contribution in [2.75, 3.05) is 26.4 Å². The molecule has 0 saturated heterocycles. The summed E-state index contributed by atoms with van der Waals surface area (Å²) in [6, 6.07) is 6.49. The number of nitrogens with one attached hydrogen (secondary N) is 2. The first-order valence-corrected chi connectivity index (χ1v) is 9.72. The van der Waals surface area contributed by atoms with E-state index >= 15 is 0 Å². The van der Waals surface area contributed by atoms with Crippen LogP contribution in [0.5, 0.6) is 5.75 Å². The van der Waals surface area contributed by atoms with E-state index in [1.165, 1.54) is 12.1 Å². The molecule has 1 aromatic heterocycles. The van der Waals surface area contributed by atoms with Crippen LogP contribution in [0, 0.1) is 12.7 Å². The Morgan fingerprint density at radius 2 is 2.14 bits per heavy atom. The molecule has 0 spiro atoms. The number of benzene rings is 1. The van der Waals surface area contributed by atoms with E-state index in [1.807, 2.05) is 19.9 Å². The van der Waals surface area contributed by atoms with Crippen molar-refractivity contribution in [1.29, 1.82) is 0 Å². The minimum atomic E-state index is -1.22. The molecule has 0 saturated carbocycles. The standard InChI is InChI=1S/C21H28FN3O4/c1-4-23-20(25-12-21(3,26)18-6-5-14(2)29-18)24-8-7-15-9-17(22)10-16-11-27-13-28-19(15)16/h5-6,9-10,26H,4,7-8,11-13H2,1-3H3,(H2,23,24,25). The minimum Gasteiger partial charge on any atom is -0.467 e. The molecule has 1 atom stereocenters. The van der Waals surface area contributed by atoms with Gasteiger partial charge in [0.1, 0.15) is 28.7 Å². The molecule has 7 nitrogen and oxygen atoms in total. The summed E-state index contributed by atoms with van der Waals surface area (Å²) in [7, 11) is 0. The summed E-state index contributed by atoms with van der Waals surface area (Å²) in [5, 5.41) is 17.0. The summed E-state index contributed by atoms with van der Waals surface area (Å²) in [6.45, 7) is 7.29. The van der Waals surface area contributed by atoms with E-state index in [1.54, 1.807) is 13.0 Å². The maximum atomic E-state index is 13.9. The molecular weight excluding hydrogens is 377 g/mol. The molecule has 0 amide bonds. The average molecular weight is 405 g/mol. The number of hydrogen-bond acceptors (Lipinski definition) is 5. The number of hydrogen-bond donors (Lipinski definition) is 3. The Morgan fingerprint density at radius 1 is 1.31 bits per heavy atom. The molecule has 2 heterocycles. The number of aliphatic imine (C=N–C) groups is 1. The van der Waals surface area contributed by atoms with Crippen molar-refractivity contribution in [2.45, 2.75) is 39.4 Å². The predicted octanol–water partition coefficient (Wildman–Crippen LogP) is 2.60. The highest BCUT2D eigenvalue weighted by molar-refractivity contribution is 5.79. The normalized spacial score (nSPS) is 16.0. The predicted molar refractivity (Wildman–Crippen MR) is 107 cm³/mol. The molecular formula is C21H28FN3O4. The Morgan fingerprint density at radius 3 is 2.86 bits per heavy atom. The Balaban J connectivity index is 1.63. The number of guanidine groups is 1. The fourth-order valence-corrected chi connectivity index (χ4v) is 3.13. The SMILES string of the molecule is CCNC(=NCC(C)(O)c1ccc(C)o1)NCCc1cc(F)cc2c1OCOC2. The molecule has 1 aliphatic rings. The van der Waals surface area contributed by atoms with E-state index < -0.39 is 5.60 Å². The second-order valence-electron chi connectivity index (χ2n) is 7.22. The summed E-state index contributed by atoms with van der Waals surface area (Å²) in [5.41, 5.74) is 0.285. The van der Waals surface area contributed by atoms with Crippen LogP contribution in [-0.2, 0) is 23.4 Å². The molecule has 3 N–H and O–H groups in total. The third kappa shape index (κ3) is 5.48. The molecule has 1 aromatic carbocycles. The van der Waals surface area contributed by atoms with E-state index in [2.05, 4.69) is 15.6 Å². The van der Waals surface area contributed by atoms with Crippen molar-refractivity contribution in [3.8, 4) is 5.75 Å². The third-order valence-corrected chi connectivity index (χ3v) is 4.60. The number of aryl methyl sites for hydroxylation is 1. The highest BCUT2D eigenvalue weighted by Gasteiger charge is 2.26. The van der Waals surface area contributed by atoms with Gasteiger partial charge in [0.15, 0.2) is 12.8 Å². The van der Waals surface area contributed by atoms with E-state index in [0.29, 0.717) is 43.6 Å². The van der Waals surface area contributed by atoms with Gasteiger partial charge in [-0.3, -0.25) is 0 Å². The lowest BCUT2D eigenvalue weighted by atomic mass is 10.0. The molecule has 8 heteroatoms. The van der Waals surface area contributed by atoms with Crippen molar-refractivity contribution >= 4 is 5.96 Å². The highest BCUT2D eigenvalue weighted by atomic mass is 19.1. The Labute approximate surface area is 169 Å². The van der Waals surface area contributed by atoms with Gasteiger partial charge < -0.3 is 29.6 Å². The van der Waals surface area contributed by atoms with Gasteiger partial charge in [0.25, 0.3) is 0 Å². The van der Waals surface area contributed by atoms with E-state index in [4.69, 9.17) is 13.9 Å². The van der Waals surface area contributed by atoms with Crippen molar-refractivity contribution in [3.63, 3.8) is 0 Å². The fourth-order valence-electron chi connectivity index (χ4n) is 3.13. The monoisotopic (exact) mass is 405 g/mol. The lowest BCUT2D eigenvalue weighted by Crippen LogP contribution is -2.39. The highest BCUT2D eigenvalue weighted by Crippen LogP contribution is 2.29. The van der Waals surface area contributed by atoms with Crippen LogP contribution < -0.4 is 15.4 Å². The number of halogens is 1. The van der Waals surface area contributed by atoms with Gasteiger partial charge in [-0.1, -0.05) is 0 Å². The molecule has 29 heavy (non-hydrogen) atoms. The van der Waals surface area contributed by atoms with Crippen molar-refractivity contribution < 1.29 is 23.4 Å². The van der Waals surface area contributed by atoms with Gasteiger partial charge in [-0.05, 0) is 57.0 Å². The van der Waals surface area contributed by atoms with Crippen LogP contribution in [0.2, 0.25) is 0 Å². The molecule has 0 aliphatic carbocycles. The summed E-state index contributed by atoms with van der Waals surface area (Å²) in [5.74, 6) is 2.15. The molecule has 1 aliphatic heterocycles. The summed E-state index contributed by atoms with van der Waals surface area (Å²) >= 11 is 0.